The Morgan fingerprint density at radius 1 is 0.769 bits per heavy atom. The number of halogens is 2. The maximum Gasteiger partial charge on any atom is 0.335 e. The maximum atomic E-state index is 15.6. The monoisotopic (exact) mass is 559 g/mol. The van der Waals surface area contributed by atoms with E-state index in [2.05, 4.69) is 6.58 Å². The van der Waals surface area contributed by atoms with E-state index in [1.54, 1.807) is 42.5 Å². The molecule has 39 heavy (non-hydrogen) atoms. The van der Waals surface area contributed by atoms with E-state index in [0.29, 0.717) is 4.90 Å². The quantitative estimate of drug-likeness (QED) is 0.0699. The molecule has 0 saturated heterocycles. The first kappa shape index (κ1) is 26.3. The first-order valence-electron chi connectivity index (χ1n) is 11.7. The molecule has 0 radical (unpaired) electrons. The van der Waals surface area contributed by atoms with Crippen LogP contribution in [-0.4, -0.2) is 14.4 Å². The van der Waals surface area contributed by atoms with Gasteiger partial charge in [0.05, 0.1) is 4.90 Å². The van der Waals surface area contributed by atoms with Crippen LogP contribution in [0, 0.1) is 11.6 Å². The third-order valence-corrected chi connectivity index (χ3v) is 10.2. The normalized spacial score (nSPS) is 12.2. The van der Waals surface area contributed by atoms with Gasteiger partial charge in [0, 0.05) is 22.9 Å². The van der Waals surface area contributed by atoms with Crippen molar-refractivity contribution in [3.05, 3.63) is 133 Å². The average molecular weight is 560 g/mol. The van der Waals surface area contributed by atoms with Gasteiger partial charge in [0.2, 0.25) is 9.84 Å². The Bertz CT molecular complexity index is 1790. The van der Waals surface area contributed by atoms with Crippen LogP contribution >= 0.6 is 0 Å². The Kier molecular flexibility index (Phi) is 7.32. The highest BCUT2D eigenvalue weighted by Crippen LogP contribution is 2.42. The highest BCUT2D eigenvalue weighted by molar-refractivity contribution is 7.98. The molecule has 194 valence electrons. The molecule has 0 spiro atoms. The lowest BCUT2D eigenvalue weighted by Crippen LogP contribution is -2.14. The number of carbonyl (C=O) groups is 1. The number of esters is 1. The van der Waals surface area contributed by atoms with Gasteiger partial charge in [0.15, 0.2) is 14.7 Å². The minimum absolute atomic E-state index is 0.0341. The van der Waals surface area contributed by atoms with Crippen LogP contribution in [0.4, 0.5) is 8.78 Å². The Morgan fingerprint density at radius 2 is 1.38 bits per heavy atom. The fraction of sp³-hybridized carbons (Fsp3) is 0. The zero-order valence-corrected chi connectivity index (χ0v) is 22.0. The van der Waals surface area contributed by atoms with E-state index in [4.69, 9.17) is 4.74 Å². The Morgan fingerprint density at radius 3 is 2.03 bits per heavy atom. The van der Waals surface area contributed by atoms with Crippen LogP contribution in [-0.2, 0) is 25.5 Å². The molecule has 0 heterocycles. The molecule has 1 atom stereocenters. The molecule has 8 heteroatoms. The van der Waals surface area contributed by atoms with Gasteiger partial charge in [-0.2, -0.15) is 0 Å². The summed E-state index contributed by atoms with van der Waals surface area (Å²) in [6.07, 6.45) is 1.05. The SMILES string of the molecule is C=CC(=O)Oc1ccc([S+](c2ccccc2)c2cc(F)c3cc(F)ccc3c2S(=O)(=O)c2ccccc2)cc1. The highest BCUT2D eigenvalue weighted by atomic mass is 32.2. The first-order valence-corrected chi connectivity index (χ1v) is 14.5. The molecule has 0 aliphatic carbocycles. The molecule has 5 aromatic rings. The van der Waals surface area contributed by atoms with Crippen LogP contribution < -0.4 is 4.74 Å². The number of ether oxygens (including phenoxy) is 1. The van der Waals surface area contributed by atoms with E-state index in [0.717, 1.165) is 23.1 Å². The van der Waals surface area contributed by atoms with Crippen molar-refractivity contribution in [1.29, 1.82) is 0 Å². The maximum absolute atomic E-state index is 15.6. The zero-order valence-electron chi connectivity index (χ0n) is 20.4. The third-order valence-electron chi connectivity index (χ3n) is 5.93. The number of fused-ring (bicyclic) bond motifs is 1. The van der Waals surface area contributed by atoms with Gasteiger partial charge in [-0.25, -0.2) is 22.0 Å². The fourth-order valence-corrected chi connectivity index (χ4v) is 8.45. The lowest BCUT2D eigenvalue weighted by atomic mass is 10.1. The molecular formula is C31H21F2O4S2+. The molecule has 0 saturated carbocycles. The fourth-order valence-electron chi connectivity index (χ4n) is 4.20. The van der Waals surface area contributed by atoms with Crippen LogP contribution in [0.3, 0.4) is 0 Å². The molecule has 0 aromatic heterocycles. The van der Waals surface area contributed by atoms with Crippen LogP contribution in [0.5, 0.6) is 5.75 Å². The second kappa shape index (κ2) is 10.8. The number of rotatable bonds is 7. The number of hydrogen-bond donors (Lipinski definition) is 0. The predicted octanol–water partition coefficient (Wildman–Crippen LogP) is 7.14. The van der Waals surface area contributed by atoms with Crippen LogP contribution in [0.25, 0.3) is 10.8 Å². The second-order valence-corrected chi connectivity index (χ2v) is 12.3. The van der Waals surface area contributed by atoms with Crippen molar-refractivity contribution in [3.63, 3.8) is 0 Å². The minimum atomic E-state index is -4.18. The summed E-state index contributed by atoms with van der Waals surface area (Å²) in [6, 6.07) is 28.2. The van der Waals surface area contributed by atoms with Crippen molar-refractivity contribution in [2.75, 3.05) is 0 Å². The van der Waals surface area contributed by atoms with E-state index >= 15 is 4.39 Å². The van der Waals surface area contributed by atoms with Crippen molar-refractivity contribution in [2.24, 2.45) is 0 Å². The van der Waals surface area contributed by atoms with E-state index in [1.165, 1.54) is 24.3 Å². The average Bonchev–Trinajstić information content (AvgIpc) is 2.95. The molecule has 1 unspecified atom stereocenters. The van der Waals surface area contributed by atoms with Crippen molar-refractivity contribution >= 4 is 37.5 Å². The summed E-state index contributed by atoms with van der Waals surface area (Å²) in [5, 5.41) is -0.0447. The molecule has 0 bridgehead atoms. The van der Waals surface area contributed by atoms with Gasteiger partial charge >= 0.3 is 5.97 Å². The lowest BCUT2D eigenvalue weighted by molar-refractivity contribution is -0.128. The Hall–Kier alpha value is -4.27. The molecule has 0 fully saturated rings. The van der Waals surface area contributed by atoms with E-state index in [-0.39, 0.29) is 31.2 Å². The lowest BCUT2D eigenvalue weighted by Gasteiger charge is -2.16. The summed E-state index contributed by atoms with van der Waals surface area (Å²) in [5.74, 6) is -1.76. The van der Waals surface area contributed by atoms with Crippen molar-refractivity contribution in [1.82, 2.24) is 0 Å². The Labute approximate surface area is 227 Å². The van der Waals surface area contributed by atoms with E-state index < -0.39 is 38.3 Å². The highest BCUT2D eigenvalue weighted by Gasteiger charge is 2.38. The first-order chi connectivity index (χ1) is 18.8. The molecule has 5 rings (SSSR count). The summed E-state index contributed by atoms with van der Waals surface area (Å²) in [6.45, 7) is 3.39. The number of benzene rings is 5. The van der Waals surface area contributed by atoms with Gasteiger partial charge in [-0.1, -0.05) is 43.0 Å². The molecule has 0 N–H and O–H groups in total. The van der Waals surface area contributed by atoms with Gasteiger partial charge < -0.3 is 4.74 Å². The molecule has 0 amide bonds. The molecule has 0 aliphatic rings. The predicted molar refractivity (Wildman–Crippen MR) is 147 cm³/mol. The number of carbonyl (C=O) groups excluding carboxylic acids is 1. The van der Waals surface area contributed by atoms with Gasteiger partial charge in [-0.05, 0) is 66.7 Å². The van der Waals surface area contributed by atoms with Gasteiger partial charge in [-0.15, -0.1) is 0 Å². The van der Waals surface area contributed by atoms with Gasteiger partial charge in [0.1, 0.15) is 33.2 Å². The van der Waals surface area contributed by atoms with Crippen LogP contribution in [0.1, 0.15) is 0 Å². The molecule has 5 aromatic carbocycles. The third kappa shape index (κ3) is 5.21. The summed E-state index contributed by atoms with van der Waals surface area (Å²) in [7, 11) is -5.29. The number of sulfone groups is 1. The zero-order chi connectivity index (χ0) is 27.6. The summed E-state index contributed by atoms with van der Waals surface area (Å²) in [4.78, 5) is 13.2. The topological polar surface area (TPSA) is 60.4 Å². The van der Waals surface area contributed by atoms with Crippen LogP contribution in [0.15, 0.2) is 146 Å². The summed E-state index contributed by atoms with van der Waals surface area (Å²) < 4.78 is 63.3. The molecule has 0 aliphatic heterocycles. The minimum Gasteiger partial charge on any atom is -0.423 e. The smallest absolute Gasteiger partial charge is 0.335 e. The largest absolute Gasteiger partial charge is 0.423 e. The van der Waals surface area contributed by atoms with Gasteiger partial charge in [0.25, 0.3) is 0 Å². The van der Waals surface area contributed by atoms with Crippen molar-refractivity contribution in [2.45, 2.75) is 24.5 Å². The van der Waals surface area contributed by atoms with E-state index in [1.807, 2.05) is 30.3 Å². The van der Waals surface area contributed by atoms with Gasteiger partial charge in [-0.3, -0.25) is 0 Å². The molecular weight excluding hydrogens is 538 g/mol. The van der Waals surface area contributed by atoms with Crippen LogP contribution in [0.2, 0.25) is 0 Å². The summed E-state index contributed by atoms with van der Waals surface area (Å²) >= 11 is 0. The van der Waals surface area contributed by atoms with Crippen molar-refractivity contribution < 1.29 is 26.7 Å². The number of hydrogen-bond acceptors (Lipinski definition) is 4. The standard InChI is InChI=1S/C31H21F2O4S2/c1-2-30(34)37-22-14-16-24(17-15-22)38(23-9-5-3-6-10-23)29-20-28(33)27-19-21(32)13-18-26(27)31(29)39(35,36)25-11-7-4-8-12-25/h2-20H,1H2/q+1. The second-order valence-electron chi connectivity index (χ2n) is 8.41. The van der Waals surface area contributed by atoms with Crippen molar-refractivity contribution in [3.8, 4) is 5.75 Å². The Balaban J connectivity index is 1.82. The molecule has 4 nitrogen and oxygen atoms in total. The summed E-state index contributed by atoms with van der Waals surface area (Å²) in [5.41, 5.74) is 0. The van der Waals surface area contributed by atoms with E-state index in [9.17, 15) is 17.6 Å².